The molecule has 2 heterocycles. The number of piperazine rings is 1. The van der Waals surface area contributed by atoms with Gasteiger partial charge in [0.15, 0.2) is 0 Å². The average molecular weight is 468 g/mol. The molecule has 0 N–H and O–H groups in total. The highest BCUT2D eigenvalue weighted by Crippen LogP contribution is 2.26. The largest absolute Gasteiger partial charge is 0.441 e. The molecule has 1 saturated heterocycles. The van der Waals surface area contributed by atoms with Crippen molar-refractivity contribution in [3.63, 3.8) is 0 Å². The molecule has 1 fully saturated rings. The molecule has 1 aromatic heterocycles. The number of hydrogen-bond acceptors (Lipinski definition) is 5. The summed E-state index contributed by atoms with van der Waals surface area (Å²) in [6.07, 6.45) is 0. The fourth-order valence-electron chi connectivity index (χ4n) is 3.47. The minimum Gasteiger partial charge on any atom is -0.441 e. The Morgan fingerprint density at radius 1 is 1.10 bits per heavy atom. The molecule has 0 unspecified atom stereocenters. The van der Waals surface area contributed by atoms with Crippen molar-refractivity contribution < 1.29 is 21.6 Å². The monoisotopic (exact) mass is 467 g/mol. The third kappa shape index (κ3) is 4.64. The average Bonchev–Trinajstić information content (AvgIpc) is 3.10. The number of rotatable bonds is 5. The molecule has 0 bridgehead atoms. The van der Waals surface area contributed by atoms with Crippen molar-refractivity contribution in [2.45, 2.75) is 18.4 Å². The van der Waals surface area contributed by atoms with Gasteiger partial charge in [-0.25, -0.2) is 22.2 Å². The lowest BCUT2D eigenvalue weighted by atomic mass is 10.2. The zero-order chi connectivity index (χ0) is 22.2. The molecular formula is C21H20ClF2N3O3S. The lowest BCUT2D eigenvalue weighted by Crippen LogP contribution is -2.48. The number of halogens is 3. The van der Waals surface area contributed by atoms with Crippen LogP contribution in [0.4, 0.5) is 8.78 Å². The van der Waals surface area contributed by atoms with E-state index in [-0.39, 0.29) is 13.1 Å². The fraction of sp³-hybridized carbons (Fsp3) is 0.286. The Hall–Kier alpha value is -2.33. The molecule has 31 heavy (non-hydrogen) atoms. The zero-order valence-corrected chi connectivity index (χ0v) is 18.3. The van der Waals surface area contributed by atoms with Gasteiger partial charge in [0.1, 0.15) is 22.3 Å². The maximum Gasteiger partial charge on any atom is 0.246 e. The van der Waals surface area contributed by atoms with Gasteiger partial charge in [-0.05, 0) is 43.3 Å². The summed E-state index contributed by atoms with van der Waals surface area (Å²) in [6.45, 7) is 3.48. The fourth-order valence-corrected chi connectivity index (χ4v) is 5.16. The molecule has 2 aromatic carbocycles. The first-order chi connectivity index (χ1) is 14.7. The van der Waals surface area contributed by atoms with Crippen LogP contribution in [0.1, 0.15) is 11.5 Å². The lowest BCUT2D eigenvalue weighted by Gasteiger charge is -2.33. The number of sulfonamides is 1. The van der Waals surface area contributed by atoms with E-state index < -0.39 is 26.6 Å². The summed E-state index contributed by atoms with van der Waals surface area (Å²) in [4.78, 5) is 5.96. The molecule has 0 aliphatic carbocycles. The van der Waals surface area contributed by atoms with E-state index in [9.17, 15) is 17.2 Å². The molecule has 10 heteroatoms. The van der Waals surface area contributed by atoms with Crippen molar-refractivity contribution in [1.29, 1.82) is 0 Å². The van der Waals surface area contributed by atoms with Crippen molar-refractivity contribution in [3.05, 3.63) is 70.6 Å². The first-order valence-corrected chi connectivity index (χ1v) is 11.5. The lowest BCUT2D eigenvalue weighted by molar-refractivity contribution is 0.179. The molecule has 1 aliphatic heterocycles. The van der Waals surface area contributed by atoms with Gasteiger partial charge in [0, 0.05) is 43.3 Å². The van der Waals surface area contributed by atoms with E-state index in [2.05, 4.69) is 4.98 Å². The van der Waals surface area contributed by atoms with Crippen molar-refractivity contribution in [2.75, 3.05) is 26.2 Å². The quantitative estimate of drug-likeness (QED) is 0.565. The number of nitrogens with zero attached hydrogens (tertiary/aromatic N) is 3. The van der Waals surface area contributed by atoms with Crippen LogP contribution in [0.5, 0.6) is 0 Å². The Labute approximate surface area is 184 Å². The number of aromatic nitrogens is 1. The standard InChI is InChI=1S/C21H20ClF2N3O3S/c1-14-19(25-21(30-14)15-3-2-4-16(22)11-15)13-26-7-9-27(10-8-26)31(28,29)20-12-17(23)5-6-18(20)24/h2-6,11-12H,7-10,13H2,1H3. The molecule has 3 aromatic rings. The summed E-state index contributed by atoms with van der Waals surface area (Å²) in [5.74, 6) is -0.615. The summed E-state index contributed by atoms with van der Waals surface area (Å²) >= 11 is 6.03. The smallest absolute Gasteiger partial charge is 0.246 e. The molecule has 6 nitrogen and oxygen atoms in total. The van der Waals surface area contributed by atoms with Crippen molar-refractivity contribution in [1.82, 2.24) is 14.2 Å². The van der Waals surface area contributed by atoms with Crippen LogP contribution in [0.15, 0.2) is 51.8 Å². The van der Waals surface area contributed by atoms with Gasteiger partial charge in [-0.3, -0.25) is 4.90 Å². The zero-order valence-electron chi connectivity index (χ0n) is 16.7. The van der Waals surface area contributed by atoms with Gasteiger partial charge < -0.3 is 4.42 Å². The second-order valence-corrected chi connectivity index (χ2v) is 9.63. The van der Waals surface area contributed by atoms with E-state index in [0.29, 0.717) is 42.4 Å². The maximum atomic E-state index is 14.0. The van der Waals surface area contributed by atoms with Crippen LogP contribution in [0.25, 0.3) is 11.5 Å². The van der Waals surface area contributed by atoms with Crippen LogP contribution in [0, 0.1) is 18.6 Å². The number of hydrogen-bond donors (Lipinski definition) is 0. The molecule has 0 spiro atoms. The van der Waals surface area contributed by atoms with Crippen LogP contribution in [0.3, 0.4) is 0 Å². The van der Waals surface area contributed by atoms with Crippen LogP contribution in [0.2, 0.25) is 5.02 Å². The van der Waals surface area contributed by atoms with Crippen molar-refractivity contribution in [2.24, 2.45) is 0 Å². The summed E-state index contributed by atoms with van der Waals surface area (Å²) in [5, 5.41) is 0.585. The number of oxazole rings is 1. The van der Waals surface area contributed by atoms with Gasteiger partial charge in [0.2, 0.25) is 15.9 Å². The van der Waals surface area contributed by atoms with Gasteiger partial charge >= 0.3 is 0 Å². The summed E-state index contributed by atoms with van der Waals surface area (Å²) in [7, 11) is -4.11. The maximum absolute atomic E-state index is 14.0. The second kappa shape index (κ2) is 8.66. The van der Waals surface area contributed by atoms with Gasteiger partial charge in [0.05, 0.1) is 5.69 Å². The number of benzene rings is 2. The molecule has 0 radical (unpaired) electrons. The van der Waals surface area contributed by atoms with Crippen LogP contribution < -0.4 is 0 Å². The SMILES string of the molecule is Cc1oc(-c2cccc(Cl)c2)nc1CN1CCN(S(=O)(=O)c2cc(F)ccc2F)CC1. The van der Waals surface area contributed by atoms with Crippen LogP contribution >= 0.6 is 11.6 Å². The van der Waals surface area contributed by atoms with E-state index in [1.54, 1.807) is 12.1 Å². The molecule has 0 amide bonds. The second-order valence-electron chi connectivity index (χ2n) is 7.29. The normalized spacial score (nSPS) is 16.0. The third-order valence-corrected chi connectivity index (χ3v) is 7.33. The van der Waals surface area contributed by atoms with E-state index in [1.807, 2.05) is 24.0 Å². The van der Waals surface area contributed by atoms with E-state index in [1.165, 1.54) is 4.31 Å². The van der Waals surface area contributed by atoms with E-state index in [0.717, 1.165) is 23.4 Å². The Balaban J connectivity index is 1.43. The summed E-state index contributed by atoms with van der Waals surface area (Å²) in [5.41, 5.74) is 1.53. The van der Waals surface area contributed by atoms with E-state index >= 15 is 0 Å². The summed E-state index contributed by atoms with van der Waals surface area (Å²) < 4.78 is 59.8. The molecule has 0 atom stereocenters. The molecule has 0 saturated carbocycles. The molecule has 164 valence electrons. The molecular weight excluding hydrogens is 448 g/mol. The minimum atomic E-state index is -4.11. The van der Waals surface area contributed by atoms with E-state index in [4.69, 9.17) is 16.0 Å². The van der Waals surface area contributed by atoms with Crippen LogP contribution in [-0.2, 0) is 16.6 Å². The first kappa shape index (κ1) is 21.9. The first-order valence-electron chi connectivity index (χ1n) is 9.64. The predicted molar refractivity (Wildman–Crippen MR) is 112 cm³/mol. The van der Waals surface area contributed by atoms with Gasteiger partial charge in [-0.15, -0.1) is 0 Å². The van der Waals surface area contributed by atoms with Crippen molar-refractivity contribution in [3.8, 4) is 11.5 Å². The Morgan fingerprint density at radius 2 is 1.84 bits per heavy atom. The van der Waals surface area contributed by atoms with Gasteiger partial charge in [-0.1, -0.05) is 17.7 Å². The van der Waals surface area contributed by atoms with Gasteiger partial charge in [-0.2, -0.15) is 4.31 Å². The van der Waals surface area contributed by atoms with Crippen molar-refractivity contribution >= 4 is 21.6 Å². The highest BCUT2D eigenvalue weighted by molar-refractivity contribution is 7.89. The Morgan fingerprint density at radius 3 is 2.55 bits per heavy atom. The number of aryl methyl sites for hydroxylation is 1. The highest BCUT2D eigenvalue weighted by Gasteiger charge is 2.31. The highest BCUT2D eigenvalue weighted by atomic mass is 35.5. The predicted octanol–water partition coefficient (Wildman–Crippen LogP) is 4.09. The van der Waals surface area contributed by atoms with Gasteiger partial charge in [0.25, 0.3) is 0 Å². The topological polar surface area (TPSA) is 66.7 Å². The Kier molecular flexibility index (Phi) is 6.11. The minimum absolute atomic E-state index is 0.163. The van der Waals surface area contributed by atoms with Crippen LogP contribution in [-0.4, -0.2) is 48.8 Å². The Bertz CT molecular complexity index is 1210. The third-order valence-electron chi connectivity index (χ3n) is 5.18. The summed E-state index contributed by atoms with van der Waals surface area (Å²) in [6, 6.07) is 9.64. The molecule has 1 aliphatic rings. The molecule has 4 rings (SSSR count).